The van der Waals surface area contributed by atoms with Gasteiger partial charge in [0.2, 0.25) is 5.95 Å². The van der Waals surface area contributed by atoms with E-state index >= 15 is 0 Å². The van der Waals surface area contributed by atoms with Crippen molar-refractivity contribution in [2.24, 2.45) is 7.05 Å². The predicted molar refractivity (Wildman–Crippen MR) is 98.7 cm³/mol. The van der Waals surface area contributed by atoms with Gasteiger partial charge in [-0.15, -0.1) is 10.2 Å². The highest BCUT2D eigenvalue weighted by molar-refractivity contribution is 7.99. The maximum Gasteiger partial charge on any atom is 0.227 e. The summed E-state index contributed by atoms with van der Waals surface area (Å²) in [5.41, 5.74) is 2.97. The Kier molecular flexibility index (Phi) is 5.48. The molecule has 0 spiro atoms. The molecule has 1 saturated heterocycles. The lowest BCUT2D eigenvalue weighted by Gasteiger charge is -2.27. The van der Waals surface area contributed by atoms with E-state index in [1.807, 2.05) is 31.5 Å². The highest BCUT2D eigenvalue weighted by Crippen LogP contribution is 2.23. The summed E-state index contributed by atoms with van der Waals surface area (Å²) in [5.74, 6) is 1.33. The van der Waals surface area contributed by atoms with Gasteiger partial charge in [0.15, 0.2) is 10.9 Å². The molecule has 8 heteroatoms. The van der Waals surface area contributed by atoms with Gasteiger partial charge < -0.3 is 14.2 Å². The molecule has 0 bridgehead atoms. The number of aryl methyl sites for hydroxylation is 1. The second-order valence-electron chi connectivity index (χ2n) is 6.18. The molecule has 0 atom stereocenters. The zero-order valence-electron chi connectivity index (χ0n) is 15.3. The lowest BCUT2D eigenvalue weighted by atomic mass is 10.2. The second-order valence-corrected chi connectivity index (χ2v) is 7.12. The quantitative estimate of drug-likeness (QED) is 0.578. The molecule has 1 fully saturated rings. The van der Waals surface area contributed by atoms with Crippen LogP contribution in [0.15, 0.2) is 11.2 Å². The summed E-state index contributed by atoms with van der Waals surface area (Å²) in [6.45, 7) is 10.1. The van der Waals surface area contributed by atoms with E-state index < -0.39 is 0 Å². The van der Waals surface area contributed by atoms with Gasteiger partial charge in [-0.25, -0.2) is 0 Å². The number of ether oxygens (including phenoxy) is 1. The van der Waals surface area contributed by atoms with Crippen LogP contribution in [0.5, 0.6) is 0 Å². The van der Waals surface area contributed by atoms with Gasteiger partial charge in [-0.05, 0) is 26.8 Å². The van der Waals surface area contributed by atoms with Crippen molar-refractivity contribution < 1.29 is 9.53 Å². The molecule has 2 aromatic heterocycles. The molecule has 0 saturated carbocycles. The zero-order chi connectivity index (χ0) is 18.0. The summed E-state index contributed by atoms with van der Waals surface area (Å²) in [7, 11) is 1.95. The molecule has 1 aliphatic heterocycles. The fourth-order valence-electron chi connectivity index (χ4n) is 3.25. The van der Waals surface area contributed by atoms with Crippen molar-refractivity contribution in [1.82, 2.24) is 19.3 Å². The van der Waals surface area contributed by atoms with Crippen molar-refractivity contribution in [1.29, 1.82) is 0 Å². The van der Waals surface area contributed by atoms with Crippen LogP contribution in [0.25, 0.3) is 0 Å². The van der Waals surface area contributed by atoms with Gasteiger partial charge in [-0.3, -0.25) is 9.36 Å². The Labute approximate surface area is 152 Å². The molecule has 7 nitrogen and oxygen atoms in total. The van der Waals surface area contributed by atoms with Crippen LogP contribution in [0.2, 0.25) is 0 Å². The maximum absolute atomic E-state index is 12.6. The Bertz CT molecular complexity index is 761. The SMILES string of the molecule is CCn1c(C)cc(C(=O)CSc2nnc(N3CCOCC3)n2C)c1C. The van der Waals surface area contributed by atoms with E-state index in [1.54, 1.807) is 0 Å². The molecule has 1 aliphatic rings. The highest BCUT2D eigenvalue weighted by Gasteiger charge is 2.20. The van der Waals surface area contributed by atoms with Crippen molar-refractivity contribution >= 4 is 23.5 Å². The molecule has 0 aliphatic carbocycles. The number of anilines is 1. The maximum atomic E-state index is 12.6. The van der Waals surface area contributed by atoms with Crippen molar-refractivity contribution in [2.75, 3.05) is 37.0 Å². The van der Waals surface area contributed by atoms with Crippen LogP contribution < -0.4 is 4.90 Å². The molecule has 0 N–H and O–H groups in total. The largest absolute Gasteiger partial charge is 0.378 e. The summed E-state index contributed by atoms with van der Waals surface area (Å²) in [5, 5.41) is 9.30. The van der Waals surface area contributed by atoms with Gasteiger partial charge in [0, 0.05) is 43.6 Å². The van der Waals surface area contributed by atoms with Crippen molar-refractivity contribution in [3.8, 4) is 0 Å². The van der Waals surface area contributed by atoms with E-state index in [-0.39, 0.29) is 5.78 Å². The number of thioether (sulfide) groups is 1. The van der Waals surface area contributed by atoms with E-state index in [9.17, 15) is 4.79 Å². The standard InChI is InChI=1S/C17H25N5O2S/c1-5-22-12(2)10-14(13(22)3)15(23)11-25-17-19-18-16(20(17)4)21-6-8-24-9-7-21/h10H,5-9,11H2,1-4H3. The predicted octanol–water partition coefficient (Wildman–Crippen LogP) is 2.06. The lowest BCUT2D eigenvalue weighted by Crippen LogP contribution is -2.37. The number of carbonyl (C=O) groups excluding carboxylic acids is 1. The van der Waals surface area contributed by atoms with Gasteiger partial charge in [0.25, 0.3) is 0 Å². The second kappa shape index (κ2) is 7.61. The number of carbonyl (C=O) groups is 1. The minimum absolute atomic E-state index is 0.133. The topological polar surface area (TPSA) is 65.2 Å². The molecule has 25 heavy (non-hydrogen) atoms. The molecule has 3 heterocycles. The Morgan fingerprint density at radius 3 is 2.64 bits per heavy atom. The van der Waals surface area contributed by atoms with Gasteiger partial charge in [-0.2, -0.15) is 0 Å². The summed E-state index contributed by atoms with van der Waals surface area (Å²) >= 11 is 1.44. The normalized spacial score (nSPS) is 15.0. The summed E-state index contributed by atoms with van der Waals surface area (Å²) < 4.78 is 9.50. The molecular weight excluding hydrogens is 338 g/mol. The monoisotopic (exact) mass is 363 g/mol. The number of hydrogen-bond donors (Lipinski definition) is 0. The molecule has 2 aromatic rings. The van der Waals surface area contributed by atoms with E-state index in [2.05, 4.69) is 26.6 Å². The van der Waals surface area contributed by atoms with Crippen LogP contribution >= 0.6 is 11.8 Å². The van der Waals surface area contributed by atoms with Gasteiger partial charge in [0.1, 0.15) is 0 Å². The van der Waals surface area contributed by atoms with E-state index in [0.29, 0.717) is 19.0 Å². The van der Waals surface area contributed by atoms with Crippen molar-refractivity contribution in [2.45, 2.75) is 32.5 Å². The number of Topliss-reactive ketones (excluding diaryl/α,β-unsaturated/α-hetero) is 1. The number of nitrogens with zero attached hydrogens (tertiary/aromatic N) is 5. The fraction of sp³-hybridized carbons (Fsp3) is 0.588. The van der Waals surface area contributed by atoms with Crippen LogP contribution in [0.3, 0.4) is 0 Å². The third kappa shape index (κ3) is 3.59. The Balaban J connectivity index is 1.67. The fourth-order valence-corrected chi connectivity index (χ4v) is 4.04. The minimum Gasteiger partial charge on any atom is -0.378 e. The molecule has 0 unspecified atom stereocenters. The van der Waals surface area contributed by atoms with Crippen molar-refractivity contribution in [3.63, 3.8) is 0 Å². The first-order valence-electron chi connectivity index (χ1n) is 8.57. The molecule has 3 rings (SSSR count). The molecule has 0 radical (unpaired) electrons. The molecule has 0 aromatic carbocycles. The number of ketones is 1. The highest BCUT2D eigenvalue weighted by atomic mass is 32.2. The molecule has 0 amide bonds. The van der Waals surface area contributed by atoms with Crippen LogP contribution in [0, 0.1) is 13.8 Å². The molecular formula is C17H25N5O2S. The zero-order valence-corrected chi connectivity index (χ0v) is 16.1. The van der Waals surface area contributed by atoms with Crippen molar-refractivity contribution in [3.05, 3.63) is 23.0 Å². The third-order valence-electron chi connectivity index (χ3n) is 4.63. The Morgan fingerprint density at radius 1 is 1.28 bits per heavy atom. The van der Waals surface area contributed by atoms with Crippen LogP contribution in [0.1, 0.15) is 28.7 Å². The van der Waals surface area contributed by atoms with Crippen LogP contribution in [0.4, 0.5) is 5.95 Å². The average molecular weight is 363 g/mol. The number of morpholine rings is 1. The van der Waals surface area contributed by atoms with E-state index in [0.717, 1.165) is 47.7 Å². The number of rotatable bonds is 6. The number of aromatic nitrogens is 4. The molecule has 136 valence electrons. The first-order valence-corrected chi connectivity index (χ1v) is 9.56. The van der Waals surface area contributed by atoms with E-state index in [1.165, 1.54) is 11.8 Å². The van der Waals surface area contributed by atoms with Gasteiger partial charge >= 0.3 is 0 Å². The third-order valence-corrected chi connectivity index (χ3v) is 5.65. The smallest absolute Gasteiger partial charge is 0.227 e. The summed E-state index contributed by atoms with van der Waals surface area (Å²) in [6.07, 6.45) is 0. The van der Waals surface area contributed by atoms with Crippen LogP contribution in [-0.4, -0.2) is 57.2 Å². The van der Waals surface area contributed by atoms with Crippen LogP contribution in [-0.2, 0) is 18.3 Å². The summed E-state index contributed by atoms with van der Waals surface area (Å²) in [4.78, 5) is 14.8. The summed E-state index contributed by atoms with van der Waals surface area (Å²) in [6, 6.07) is 1.98. The Hall–Kier alpha value is -1.80. The first-order chi connectivity index (χ1) is 12.0. The van der Waals surface area contributed by atoms with Gasteiger partial charge in [0.05, 0.1) is 19.0 Å². The lowest BCUT2D eigenvalue weighted by molar-refractivity contribution is 0.102. The van der Waals surface area contributed by atoms with Gasteiger partial charge in [-0.1, -0.05) is 11.8 Å². The average Bonchev–Trinajstić information content (AvgIpc) is 3.13. The first kappa shape index (κ1) is 18.0. The minimum atomic E-state index is 0.133. The van der Waals surface area contributed by atoms with E-state index in [4.69, 9.17) is 4.74 Å². The number of hydrogen-bond acceptors (Lipinski definition) is 6. The Morgan fingerprint density at radius 2 is 2.00 bits per heavy atom.